The SMILES string of the molecule is CNCNC(=O)Cc1cc(N)n(Cc2ccccc2)n1. The third kappa shape index (κ3) is 3.83. The van der Waals surface area contributed by atoms with Crippen LogP contribution in [0.2, 0.25) is 0 Å². The second-order valence-electron chi connectivity index (χ2n) is 4.51. The van der Waals surface area contributed by atoms with E-state index in [4.69, 9.17) is 5.73 Å². The van der Waals surface area contributed by atoms with E-state index in [1.165, 1.54) is 0 Å². The number of hydrogen-bond acceptors (Lipinski definition) is 4. The Labute approximate surface area is 118 Å². The summed E-state index contributed by atoms with van der Waals surface area (Å²) < 4.78 is 1.70. The highest BCUT2D eigenvalue weighted by atomic mass is 16.1. The van der Waals surface area contributed by atoms with Gasteiger partial charge in [0.15, 0.2) is 0 Å². The number of carbonyl (C=O) groups excluding carboxylic acids is 1. The fourth-order valence-electron chi connectivity index (χ4n) is 1.87. The van der Waals surface area contributed by atoms with Crippen LogP contribution >= 0.6 is 0 Å². The molecule has 0 radical (unpaired) electrons. The first kappa shape index (κ1) is 14.1. The van der Waals surface area contributed by atoms with Gasteiger partial charge in [-0.25, -0.2) is 4.68 Å². The minimum atomic E-state index is -0.0799. The van der Waals surface area contributed by atoms with E-state index < -0.39 is 0 Å². The number of nitrogen functional groups attached to an aromatic ring is 1. The molecule has 0 saturated heterocycles. The van der Waals surface area contributed by atoms with Crippen LogP contribution in [0, 0.1) is 0 Å². The molecule has 1 amide bonds. The van der Waals surface area contributed by atoms with Gasteiger partial charge in [0.25, 0.3) is 0 Å². The molecule has 0 aliphatic heterocycles. The van der Waals surface area contributed by atoms with Crippen molar-refractivity contribution < 1.29 is 4.79 Å². The number of benzene rings is 1. The Morgan fingerprint density at radius 1 is 1.35 bits per heavy atom. The summed E-state index contributed by atoms with van der Waals surface area (Å²) in [6.07, 6.45) is 0.230. The van der Waals surface area contributed by atoms with E-state index in [0.29, 0.717) is 24.7 Å². The first-order valence-electron chi connectivity index (χ1n) is 6.46. The number of carbonyl (C=O) groups is 1. The molecule has 0 spiro atoms. The molecule has 1 heterocycles. The molecule has 20 heavy (non-hydrogen) atoms. The van der Waals surface area contributed by atoms with Gasteiger partial charge in [-0.2, -0.15) is 5.10 Å². The second kappa shape index (κ2) is 6.72. The average Bonchev–Trinajstić information content (AvgIpc) is 2.77. The van der Waals surface area contributed by atoms with Crippen molar-refractivity contribution >= 4 is 11.7 Å². The van der Waals surface area contributed by atoms with Crippen molar-refractivity contribution in [3.05, 3.63) is 47.7 Å². The third-order valence-corrected chi connectivity index (χ3v) is 2.84. The van der Waals surface area contributed by atoms with Gasteiger partial charge in [-0.05, 0) is 12.6 Å². The van der Waals surface area contributed by atoms with Crippen molar-refractivity contribution in [3.8, 4) is 0 Å². The lowest BCUT2D eigenvalue weighted by molar-refractivity contribution is -0.120. The zero-order valence-electron chi connectivity index (χ0n) is 11.5. The first-order valence-corrected chi connectivity index (χ1v) is 6.46. The largest absolute Gasteiger partial charge is 0.384 e. The maximum Gasteiger partial charge on any atom is 0.227 e. The molecule has 0 unspecified atom stereocenters. The van der Waals surface area contributed by atoms with E-state index in [1.54, 1.807) is 17.8 Å². The van der Waals surface area contributed by atoms with Crippen LogP contribution in [0.3, 0.4) is 0 Å². The molecule has 4 N–H and O–H groups in total. The lowest BCUT2D eigenvalue weighted by Crippen LogP contribution is -2.32. The van der Waals surface area contributed by atoms with Crippen LogP contribution in [0.4, 0.5) is 5.82 Å². The highest BCUT2D eigenvalue weighted by Gasteiger charge is 2.09. The third-order valence-electron chi connectivity index (χ3n) is 2.84. The highest BCUT2D eigenvalue weighted by molar-refractivity contribution is 5.78. The summed E-state index contributed by atoms with van der Waals surface area (Å²) in [5.41, 5.74) is 7.71. The Morgan fingerprint density at radius 3 is 2.80 bits per heavy atom. The van der Waals surface area contributed by atoms with E-state index in [2.05, 4.69) is 15.7 Å². The van der Waals surface area contributed by atoms with E-state index in [1.807, 2.05) is 30.3 Å². The van der Waals surface area contributed by atoms with E-state index in [0.717, 1.165) is 5.56 Å². The molecule has 6 heteroatoms. The van der Waals surface area contributed by atoms with Crippen LogP contribution in [-0.2, 0) is 17.8 Å². The van der Waals surface area contributed by atoms with Crippen molar-refractivity contribution in [1.29, 1.82) is 0 Å². The number of nitrogens with one attached hydrogen (secondary N) is 2. The molecular weight excluding hydrogens is 254 g/mol. The lowest BCUT2D eigenvalue weighted by atomic mass is 10.2. The predicted molar refractivity (Wildman–Crippen MR) is 78.0 cm³/mol. The van der Waals surface area contributed by atoms with Crippen LogP contribution < -0.4 is 16.4 Å². The van der Waals surface area contributed by atoms with Crippen LogP contribution in [0.5, 0.6) is 0 Å². The van der Waals surface area contributed by atoms with Gasteiger partial charge in [-0.15, -0.1) is 0 Å². The molecule has 1 aromatic carbocycles. The Bertz CT molecular complexity index is 564. The lowest BCUT2D eigenvalue weighted by Gasteiger charge is -2.04. The number of amides is 1. The molecule has 0 aliphatic carbocycles. The molecule has 0 fully saturated rings. The smallest absolute Gasteiger partial charge is 0.227 e. The summed E-state index contributed by atoms with van der Waals surface area (Å²) in [5.74, 6) is 0.481. The summed E-state index contributed by atoms with van der Waals surface area (Å²) in [5, 5.41) is 9.93. The molecule has 2 aromatic rings. The van der Waals surface area contributed by atoms with Crippen molar-refractivity contribution in [2.45, 2.75) is 13.0 Å². The van der Waals surface area contributed by atoms with E-state index >= 15 is 0 Å². The molecule has 0 aliphatic rings. The van der Waals surface area contributed by atoms with Crippen LogP contribution in [0.15, 0.2) is 36.4 Å². The fourth-order valence-corrected chi connectivity index (χ4v) is 1.87. The summed E-state index contributed by atoms with van der Waals surface area (Å²) in [4.78, 5) is 11.6. The average molecular weight is 273 g/mol. The van der Waals surface area contributed by atoms with Gasteiger partial charge in [0.2, 0.25) is 5.91 Å². The summed E-state index contributed by atoms with van der Waals surface area (Å²) in [6, 6.07) is 11.7. The highest BCUT2D eigenvalue weighted by Crippen LogP contribution is 2.10. The maximum absolute atomic E-state index is 11.6. The number of anilines is 1. The molecule has 0 atom stereocenters. The molecule has 106 valence electrons. The molecule has 0 saturated carbocycles. The number of hydrogen-bond donors (Lipinski definition) is 3. The summed E-state index contributed by atoms with van der Waals surface area (Å²) in [6.45, 7) is 1.05. The molecule has 1 aromatic heterocycles. The van der Waals surface area contributed by atoms with Crippen LogP contribution in [-0.4, -0.2) is 29.4 Å². The van der Waals surface area contributed by atoms with Crippen molar-refractivity contribution in [2.75, 3.05) is 19.5 Å². The van der Waals surface area contributed by atoms with E-state index in [-0.39, 0.29) is 12.3 Å². The first-order chi connectivity index (χ1) is 9.69. The minimum Gasteiger partial charge on any atom is -0.384 e. The van der Waals surface area contributed by atoms with Crippen LogP contribution in [0.25, 0.3) is 0 Å². The van der Waals surface area contributed by atoms with Crippen LogP contribution in [0.1, 0.15) is 11.3 Å². The van der Waals surface area contributed by atoms with Crippen molar-refractivity contribution in [2.24, 2.45) is 0 Å². The Balaban J connectivity index is 2.00. The quantitative estimate of drug-likeness (QED) is 0.663. The number of nitrogens with zero attached hydrogens (tertiary/aromatic N) is 2. The topological polar surface area (TPSA) is 85.0 Å². The van der Waals surface area contributed by atoms with Gasteiger partial charge in [0.1, 0.15) is 5.82 Å². The molecule has 0 bridgehead atoms. The number of aromatic nitrogens is 2. The summed E-state index contributed by atoms with van der Waals surface area (Å²) >= 11 is 0. The van der Waals surface area contributed by atoms with Gasteiger partial charge in [0, 0.05) is 6.07 Å². The van der Waals surface area contributed by atoms with Gasteiger partial charge in [-0.3, -0.25) is 4.79 Å². The predicted octanol–water partition coefficient (Wildman–Crippen LogP) is 0.349. The standard InChI is InChI=1S/C14H19N5O/c1-16-10-17-14(20)8-12-7-13(15)19(18-12)9-11-5-3-2-4-6-11/h2-7,16H,8-10,15H2,1H3,(H,17,20). The Morgan fingerprint density at radius 2 is 2.10 bits per heavy atom. The van der Waals surface area contributed by atoms with Crippen molar-refractivity contribution in [3.63, 3.8) is 0 Å². The maximum atomic E-state index is 11.6. The fraction of sp³-hybridized carbons (Fsp3) is 0.286. The normalized spacial score (nSPS) is 10.4. The van der Waals surface area contributed by atoms with E-state index in [9.17, 15) is 4.79 Å². The number of rotatable bonds is 6. The zero-order chi connectivity index (χ0) is 14.4. The minimum absolute atomic E-state index is 0.0799. The second-order valence-corrected chi connectivity index (χ2v) is 4.51. The zero-order valence-corrected chi connectivity index (χ0v) is 11.5. The Hall–Kier alpha value is -2.34. The molecule has 6 nitrogen and oxygen atoms in total. The monoisotopic (exact) mass is 273 g/mol. The van der Waals surface area contributed by atoms with Gasteiger partial charge in [-0.1, -0.05) is 30.3 Å². The summed E-state index contributed by atoms with van der Waals surface area (Å²) in [7, 11) is 1.77. The van der Waals surface area contributed by atoms with Gasteiger partial charge in [0.05, 0.1) is 25.3 Å². The number of nitrogens with two attached hydrogens (primary N) is 1. The van der Waals surface area contributed by atoms with Crippen molar-refractivity contribution in [1.82, 2.24) is 20.4 Å². The Kier molecular flexibility index (Phi) is 4.73. The molecular formula is C14H19N5O. The van der Waals surface area contributed by atoms with Gasteiger partial charge < -0.3 is 16.4 Å². The van der Waals surface area contributed by atoms with Gasteiger partial charge >= 0.3 is 0 Å². The molecule has 2 rings (SSSR count).